The fraction of sp³-hybridized carbons (Fsp3) is 0.160. The monoisotopic (exact) mass is 526 g/mol. The summed E-state index contributed by atoms with van der Waals surface area (Å²) in [4.78, 5) is 0. The molecule has 0 fully saturated rings. The average Bonchev–Trinajstić information content (AvgIpc) is 3.20. The van der Waals surface area contributed by atoms with E-state index in [4.69, 9.17) is 16.3 Å². The van der Waals surface area contributed by atoms with Crippen molar-refractivity contribution >= 4 is 11.6 Å². The van der Waals surface area contributed by atoms with E-state index < -0.39 is 29.4 Å². The number of aromatic hydroxyl groups is 1. The number of phenols is 1. The van der Waals surface area contributed by atoms with E-state index in [1.807, 2.05) is 0 Å². The van der Waals surface area contributed by atoms with E-state index in [1.165, 1.54) is 19.2 Å². The topological polar surface area (TPSA) is 47.3 Å². The van der Waals surface area contributed by atoms with Gasteiger partial charge in [0.2, 0.25) is 0 Å². The van der Waals surface area contributed by atoms with Crippen molar-refractivity contribution in [2.75, 3.05) is 0 Å². The zero-order chi connectivity index (χ0) is 26.3. The number of aryl methyl sites for hydroxylation is 1. The smallest absolute Gasteiger partial charge is 0.435 e. The molecule has 0 aliphatic rings. The van der Waals surface area contributed by atoms with Crippen LogP contribution in [0.3, 0.4) is 0 Å². The summed E-state index contributed by atoms with van der Waals surface area (Å²) in [6, 6.07) is 14.3. The number of aromatic nitrogens is 2. The van der Waals surface area contributed by atoms with Gasteiger partial charge in [-0.3, -0.25) is 4.68 Å². The van der Waals surface area contributed by atoms with Crippen LogP contribution in [0, 0.1) is 0 Å². The summed E-state index contributed by atoms with van der Waals surface area (Å²) in [5, 5.41) is 15.1. The molecule has 0 spiro atoms. The van der Waals surface area contributed by atoms with Gasteiger partial charge in [-0.25, -0.2) is 0 Å². The highest BCUT2D eigenvalue weighted by Crippen LogP contribution is 2.45. The molecule has 1 N–H and O–H groups in total. The van der Waals surface area contributed by atoms with Gasteiger partial charge in [0, 0.05) is 17.6 Å². The molecule has 3 aromatic carbocycles. The van der Waals surface area contributed by atoms with Crippen molar-refractivity contribution in [1.82, 2.24) is 9.78 Å². The van der Waals surface area contributed by atoms with Gasteiger partial charge >= 0.3 is 12.4 Å². The molecule has 1 aromatic heterocycles. The van der Waals surface area contributed by atoms with Crippen LogP contribution in [-0.2, 0) is 26.0 Å². The van der Waals surface area contributed by atoms with Crippen molar-refractivity contribution in [3.63, 3.8) is 0 Å². The van der Waals surface area contributed by atoms with E-state index >= 15 is 0 Å². The SMILES string of the molecule is Cn1nc(C(F)(F)F)cc1-c1ccc(OCc2ccc(Cl)cc2)c(-c2ccc(C(F)(F)F)cc2)c1O. The number of halogens is 7. The molecular weight excluding hydrogens is 510 g/mol. The Hall–Kier alpha value is -3.66. The Morgan fingerprint density at radius 3 is 2.08 bits per heavy atom. The van der Waals surface area contributed by atoms with Gasteiger partial charge in [0.25, 0.3) is 0 Å². The lowest BCUT2D eigenvalue weighted by Gasteiger charge is -2.17. The van der Waals surface area contributed by atoms with Gasteiger partial charge in [-0.2, -0.15) is 31.4 Å². The zero-order valence-corrected chi connectivity index (χ0v) is 19.2. The van der Waals surface area contributed by atoms with Gasteiger partial charge < -0.3 is 9.84 Å². The Kier molecular flexibility index (Phi) is 6.66. The second kappa shape index (κ2) is 9.42. The molecule has 36 heavy (non-hydrogen) atoms. The first-order valence-electron chi connectivity index (χ1n) is 10.4. The highest BCUT2D eigenvalue weighted by atomic mass is 35.5. The van der Waals surface area contributed by atoms with Crippen LogP contribution < -0.4 is 4.74 Å². The normalized spacial score (nSPS) is 12.1. The number of hydrogen-bond donors (Lipinski definition) is 1. The van der Waals surface area contributed by atoms with E-state index in [2.05, 4.69) is 5.10 Å². The minimum absolute atomic E-state index is 0.00533. The standard InChI is InChI=1S/C25H17ClF6N2O2/c1-34-19(12-21(33-34)25(30,31)32)18-10-11-20(36-13-14-2-8-17(26)9-3-14)22(23(18)35)15-4-6-16(7-5-15)24(27,28)29/h2-12,35H,13H2,1H3. The molecule has 0 aliphatic carbocycles. The predicted molar refractivity (Wildman–Crippen MR) is 122 cm³/mol. The summed E-state index contributed by atoms with van der Waals surface area (Å²) < 4.78 is 85.5. The number of benzene rings is 3. The molecule has 0 amide bonds. The van der Waals surface area contributed by atoms with Crippen LogP contribution in [0.15, 0.2) is 66.7 Å². The highest BCUT2D eigenvalue weighted by molar-refractivity contribution is 6.30. The largest absolute Gasteiger partial charge is 0.506 e. The first-order valence-corrected chi connectivity index (χ1v) is 10.7. The van der Waals surface area contributed by atoms with Crippen LogP contribution in [0.5, 0.6) is 11.5 Å². The number of alkyl halides is 6. The van der Waals surface area contributed by atoms with E-state index in [0.29, 0.717) is 5.02 Å². The van der Waals surface area contributed by atoms with Gasteiger partial charge in [-0.05, 0) is 53.6 Å². The third-order valence-electron chi connectivity index (χ3n) is 5.39. The van der Waals surface area contributed by atoms with Crippen molar-refractivity contribution in [3.05, 3.63) is 88.6 Å². The van der Waals surface area contributed by atoms with E-state index in [-0.39, 0.29) is 34.7 Å². The summed E-state index contributed by atoms with van der Waals surface area (Å²) in [7, 11) is 1.28. The van der Waals surface area contributed by atoms with Gasteiger partial charge in [0.05, 0.1) is 16.8 Å². The molecule has 0 saturated carbocycles. The molecular formula is C25H17ClF6N2O2. The average molecular weight is 527 g/mol. The van der Waals surface area contributed by atoms with Crippen LogP contribution in [0.1, 0.15) is 16.8 Å². The second-order valence-electron chi connectivity index (χ2n) is 7.86. The van der Waals surface area contributed by atoms with Crippen LogP contribution in [-0.4, -0.2) is 14.9 Å². The number of nitrogens with zero attached hydrogens (tertiary/aromatic N) is 2. The summed E-state index contributed by atoms with van der Waals surface area (Å²) >= 11 is 5.89. The molecule has 1 heterocycles. The van der Waals surface area contributed by atoms with Gasteiger partial charge in [-0.1, -0.05) is 35.9 Å². The Morgan fingerprint density at radius 2 is 1.53 bits per heavy atom. The highest BCUT2D eigenvalue weighted by Gasteiger charge is 2.35. The third-order valence-corrected chi connectivity index (χ3v) is 5.65. The Bertz CT molecular complexity index is 1380. The number of phenolic OH excluding ortho intramolecular Hbond substituents is 1. The first kappa shape index (κ1) is 25.4. The van der Waals surface area contributed by atoms with E-state index in [9.17, 15) is 31.4 Å². The molecule has 0 aliphatic heterocycles. The van der Waals surface area contributed by atoms with Crippen LogP contribution in [0.2, 0.25) is 5.02 Å². The molecule has 11 heteroatoms. The summed E-state index contributed by atoms with van der Waals surface area (Å²) in [6.07, 6.45) is -9.28. The van der Waals surface area contributed by atoms with Crippen LogP contribution in [0.4, 0.5) is 26.3 Å². The minimum Gasteiger partial charge on any atom is -0.506 e. The van der Waals surface area contributed by atoms with Crippen molar-refractivity contribution in [3.8, 4) is 33.9 Å². The maximum Gasteiger partial charge on any atom is 0.435 e. The summed E-state index contributed by atoms with van der Waals surface area (Å²) in [6.45, 7) is 0.0352. The molecule has 4 aromatic rings. The Balaban J connectivity index is 1.81. The fourth-order valence-corrected chi connectivity index (χ4v) is 3.73. The van der Waals surface area contributed by atoms with Crippen molar-refractivity contribution in [2.45, 2.75) is 19.0 Å². The summed E-state index contributed by atoms with van der Waals surface area (Å²) in [5.74, 6) is -0.357. The lowest BCUT2D eigenvalue weighted by Crippen LogP contribution is -2.06. The lowest BCUT2D eigenvalue weighted by molar-refractivity contribution is -0.141. The molecule has 0 unspecified atom stereocenters. The van der Waals surface area contributed by atoms with Gasteiger partial charge in [-0.15, -0.1) is 0 Å². The maximum absolute atomic E-state index is 13.2. The molecule has 4 nitrogen and oxygen atoms in total. The van der Waals surface area contributed by atoms with E-state index in [0.717, 1.165) is 40.6 Å². The molecule has 0 saturated heterocycles. The quantitative estimate of drug-likeness (QED) is 0.271. The lowest BCUT2D eigenvalue weighted by atomic mass is 9.97. The van der Waals surface area contributed by atoms with E-state index in [1.54, 1.807) is 24.3 Å². The van der Waals surface area contributed by atoms with Crippen LogP contribution in [0.25, 0.3) is 22.4 Å². The minimum atomic E-state index is -4.70. The number of hydrogen-bond acceptors (Lipinski definition) is 3. The van der Waals surface area contributed by atoms with Crippen LogP contribution >= 0.6 is 11.6 Å². The fourth-order valence-electron chi connectivity index (χ4n) is 3.60. The Morgan fingerprint density at radius 1 is 0.889 bits per heavy atom. The maximum atomic E-state index is 13.2. The predicted octanol–water partition coefficient (Wildman–Crippen LogP) is 7.73. The summed E-state index contributed by atoms with van der Waals surface area (Å²) in [5.41, 5.74) is -1.18. The van der Waals surface area contributed by atoms with Gasteiger partial charge in [0.1, 0.15) is 18.1 Å². The molecule has 0 atom stereocenters. The Labute approximate surface area is 206 Å². The van der Waals surface area contributed by atoms with Crippen molar-refractivity contribution < 1.29 is 36.2 Å². The molecule has 188 valence electrons. The third kappa shape index (κ3) is 5.28. The molecule has 0 bridgehead atoms. The molecule has 4 rings (SSSR count). The number of rotatable bonds is 5. The zero-order valence-electron chi connectivity index (χ0n) is 18.5. The van der Waals surface area contributed by atoms with Crippen molar-refractivity contribution in [1.29, 1.82) is 0 Å². The molecule has 0 radical (unpaired) electrons. The number of ether oxygens (including phenoxy) is 1. The van der Waals surface area contributed by atoms with Crippen molar-refractivity contribution in [2.24, 2.45) is 7.05 Å². The van der Waals surface area contributed by atoms with Gasteiger partial charge in [0.15, 0.2) is 5.69 Å². The first-order chi connectivity index (χ1) is 16.8. The second-order valence-corrected chi connectivity index (χ2v) is 8.30.